The molecule has 0 radical (unpaired) electrons. The summed E-state index contributed by atoms with van der Waals surface area (Å²) in [5.41, 5.74) is 0.749. The van der Waals surface area contributed by atoms with E-state index in [1.54, 1.807) is 47.8 Å². The maximum atomic E-state index is 12.8. The molecule has 0 bridgehead atoms. The monoisotopic (exact) mass is 399 g/mol. The minimum atomic E-state index is -0.182. The van der Waals surface area contributed by atoms with Crippen molar-refractivity contribution in [2.45, 2.75) is 13.1 Å². The topological polar surface area (TPSA) is 65.1 Å². The molecule has 2 aromatic heterocycles. The molecule has 6 nitrogen and oxygen atoms in total. The molecule has 1 amide bonds. The highest BCUT2D eigenvalue weighted by molar-refractivity contribution is 6.32. The van der Waals surface area contributed by atoms with E-state index < -0.39 is 0 Å². The normalized spacial score (nSPS) is 13.0. The van der Waals surface area contributed by atoms with Crippen LogP contribution < -0.4 is 9.47 Å². The predicted octanol–water partition coefficient (Wildman–Crippen LogP) is 4.54. The quantitative estimate of drug-likeness (QED) is 0.569. The molecule has 0 atom stereocenters. The van der Waals surface area contributed by atoms with E-state index in [1.807, 2.05) is 12.1 Å². The fourth-order valence-electron chi connectivity index (χ4n) is 2.89. The second kappa shape index (κ2) is 8.27. The van der Waals surface area contributed by atoms with Crippen molar-refractivity contribution in [3.05, 3.63) is 77.1 Å². The Morgan fingerprint density at radius 1 is 1.04 bits per heavy atom. The third kappa shape index (κ3) is 4.23. The first-order valence-corrected chi connectivity index (χ1v) is 9.18. The third-order valence-electron chi connectivity index (χ3n) is 4.20. The zero-order valence-electron chi connectivity index (χ0n) is 15.0. The van der Waals surface area contributed by atoms with Crippen molar-refractivity contribution in [1.82, 2.24) is 4.90 Å². The lowest BCUT2D eigenvalue weighted by Crippen LogP contribution is -2.28. The molecule has 0 N–H and O–H groups in total. The Morgan fingerprint density at radius 2 is 1.71 bits per heavy atom. The summed E-state index contributed by atoms with van der Waals surface area (Å²) in [6.45, 7) is 1.60. The van der Waals surface area contributed by atoms with Gasteiger partial charge in [-0.3, -0.25) is 4.79 Å². The Morgan fingerprint density at radius 3 is 2.36 bits per heavy atom. The number of hydrogen-bond acceptors (Lipinski definition) is 5. The van der Waals surface area contributed by atoms with Crippen molar-refractivity contribution in [3.63, 3.8) is 0 Å². The number of halogens is 1. The van der Waals surface area contributed by atoms with Gasteiger partial charge in [-0.25, -0.2) is 0 Å². The molecule has 0 aliphatic carbocycles. The summed E-state index contributed by atoms with van der Waals surface area (Å²) in [6.07, 6.45) is 6.35. The largest absolute Gasteiger partial charge is 0.486 e. The van der Waals surface area contributed by atoms with Crippen LogP contribution in [0.5, 0.6) is 11.5 Å². The first-order chi connectivity index (χ1) is 13.7. The fourth-order valence-corrected chi connectivity index (χ4v) is 3.17. The van der Waals surface area contributed by atoms with Gasteiger partial charge in [-0.05, 0) is 48.0 Å². The van der Waals surface area contributed by atoms with Crippen LogP contribution in [-0.2, 0) is 17.9 Å². The molecule has 7 heteroatoms. The van der Waals surface area contributed by atoms with E-state index in [0.29, 0.717) is 54.3 Å². The molecular formula is C21H18ClNO5. The van der Waals surface area contributed by atoms with E-state index in [9.17, 15) is 4.79 Å². The van der Waals surface area contributed by atoms with Crippen LogP contribution in [0.1, 0.15) is 17.1 Å². The Balaban J connectivity index is 1.52. The molecular weight excluding hydrogens is 382 g/mol. The van der Waals surface area contributed by atoms with Crippen LogP contribution in [0.3, 0.4) is 0 Å². The van der Waals surface area contributed by atoms with E-state index in [1.165, 1.54) is 6.08 Å². The number of hydrogen-bond donors (Lipinski definition) is 0. The van der Waals surface area contributed by atoms with Crippen LogP contribution in [0.2, 0.25) is 5.02 Å². The molecule has 0 spiro atoms. The lowest BCUT2D eigenvalue weighted by atomic mass is 10.1. The predicted molar refractivity (Wildman–Crippen MR) is 103 cm³/mol. The van der Waals surface area contributed by atoms with Crippen LogP contribution in [0, 0.1) is 0 Å². The molecule has 0 unspecified atom stereocenters. The van der Waals surface area contributed by atoms with E-state index in [4.69, 9.17) is 29.9 Å². The number of furan rings is 2. The summed E-state index contributed by atoms with van der Waals surface area (Å²) >= 11 is 6.26. The Kier molecular flexibility index (Phi) is 5.39. The van der Waals surface area contributed by atoms with Crippen LogP contribution in [-0.4, -0.2) is 24.0 Å². The Labute approximate surface area is 166 Å². The first kappa shape index (κ1) is 18.3. The molecule has 3 heterocycles. The fraction of sp³-hybridized carbons (Fsp3) is 0.190. The van der Waals surface area contributed by atoms with Gasteiger partial charge >= 0.3 is 0 Å². The zero-order valence-corrected chi connectivity index (χ0v) is 15.7. The van der Waals surface area contributed by atoms with Gasteiger partial charge in [-0.1, -0.05) is 11.6 Å². The number of amides is 1. The van der Waals surface area contributed by atoms with Gasteiger partial charge in [0.2, 0.25) is 5.91 Å². The number of carbonyl (C=O) groups is 1. The molecule has 0 saturated heterocycles. The smallest absolute Gasteiger partial charge is 0.247 e. The molecule has 1 aliphatic heterocycles. The van der Waals surface area contributed by atoms with Gasteiger partial charge in [0.05, 0.1) is 30.6 Å². The molecule has 3 aromatic rings. The van der Waals surface area contributed by atoms with Crippen LogP contribution in [0.4, 0.5) is 0 Å². The number of benzene rings is 1. The summed E-state index contributed by atoms with van der Waals surface area (Å²) in [6, 6.07) is 10.8. The minimum Gasteiger partial charge on any atom is -0.486 e. The number of fused-ring (bicyclic) bond motifs is 1. The Bertz CT molecular complexity index is 927. The summed E-state index contributed by atoms with van der Waals surface area (Å²) in [5.74, 6) is 2.31. The van der Waals surface area contributed by atoms with E-state index in [-0.39, 0.29) is 5.91 Å². The summed E-state index contributed by atoms with van der Waals surface area (Å²) in [7, 11) is 0. The van der Waals surface area contributed by atoms with Crippen LogP contribution in [0.25, 0.3) is 6.08 Å². The number of nitrogens with zero attached hydrogens (tertiary/aromatic N) is 1. The number of carbonyl (C=O) groups excluding carboxylic acids is 1. The highest BCUT2D eigenvalue weighted by atomic mass is 35.5. The molecule has 144 valence electrons. The molecule has 0 saturated carbocycles. The first-order valence-electron chi connectivity index (χ1n) is 8.80. The van der Waals surface area contributed by atoms with E-state index in [0.717, 1.165) is 5.56 Å². The van der Waals surface area contributed by atoms with Gasteiger partial charge < -0.3 is 23.2 Å². The Hall–Kier alpha value is -3.12. The van der Waals surface area contributed by atoms with Crippen molar-refractivity contribution in [2.24, 2.45) is 0 Å². The second-order valence-corrected chi connectivity index (χ2v) is 6.62. The molecule has 1 aromatic carbocycles. The van der Waals surface area contributed by atoms with Crippen molar-refractivity contribution in [1.29, 1.82) is 0 Å². The lowest BCUT2D eigenvalue weighted by Gasteiger charge is -2.20. The summed E-state index contributed by atoms with van der Waals surface area (Å²) in [5, 5.41) is 0.451. The zero-order chi connectivity index (χ0) is 19.3. The van der Waals surface area contributed by atoms with Crippen molar-refractivity contribution < 1.29 is 23.1 Å². The van der Waals surface area contributed by atoms with Crippen molar-refractivity contribution >= 4 is 23.6 Å². The van der Waals surface area contributed by atoms with Gasteiger partial charge in [-0.2, -0.15) is 0 Å². The van der Waals surface area contributed by atoms with E-state index in [2.05, 4.69) is 0 Å². The minimum absolute atomic E-state index is 0.182. The van der Waals surface area contributed by atoms with Gasteiger partial charge in [0.25, 0.3) is 0 Å². The molecule has 28 heavy (non-hydrogen) atoms. The van der Waals surface area contributed by atoms with Gasteiger partial charge in [0, 0.05) is 6.08 Å². The van der Waals surface area contributed by atoms with Crippen LogP contribution >= 0.6 is 11.6 Å². The molecule has 0 fully saturated rings. The highest BCUT2D eigenvalue weighted by Gasteiger charge is 2.17. The second-order valence-electron chi connectivity index (χ2n) is 6.21. The highest BCUT2D eigenvalue weighted by Crippen LogP contribution is 2.38. The maximum absolute atomic E-state index is 12.8. The molecule has 1 aliphatic rings. The maximum Gasteiger partial charge on any atom is 0.247 e. The van der Waals surface area contributed by atoms with Gasteiger partial charge in [-0.15, -0.1) is 0 Å². The average Bonchev–Trinajstić information content (AvgIpc) is 3.40. The van der Waals surface area contributed by atoms with Crippen LogP contribution in [0.15, 0.2) is 63.8 Å². The summed E-state index contributed by atoms with van der Waals surface area (Å²) < 4.78 is 21.8. The lowest BCUT2D eigenvalue weighted by molar-refractivity contribution is -0.127. The third-order valence-corrected chi connectivity index (χ3v) is 4.48. The van der Waals surface area contributed by atoms with E-state index >= 15 is 0 Å². The standard InChI is InChI=1S/C21H18ClNO5/c22-18-11-15(12-19-21(18)28-10-9-27-19)5-6-20(24)23(13-16-3-1-7-25-16)14-17-4-2-8-26-17/h1-8,11-12H,9-10,13-14H2/b6-5+. The van der Waals surface area contributed by atoms with Crippen molar-refractivity contribution in [3.8, 4) is 11.5 Å². The van der Waals surface area contributed by atoms with Gasteiger partial charge in [0.15, 0.2) is 11.5 Å². The summed E-state index contributed by atoms with van der Waals surface area (Å²) in [4.78, 5) is 14.4. The molecule has 4 rings (SSSR count). The SMILES string of the molecule is O=C(/C=C/c1cc(Cl)c2c(c1)OCCO2)N(Cc1ccco1)Cc1ccco1. The van der Waals surface area contributed by atoms with Gasteiger partial charge in [0.1, 0.15) is 24.7 Å². The average molecular weight is 400 g/mol. The van der Waals surface area contributed by atoms with Crippen molar-refractivity contribution in [2.75, 3.05) is 13.2 Å². The number of rotatable bonds is 6. The number of ether oxygens (including phenoxy) is 2.